The molecule has 27 heavy (non-hydrogen) atoms. The van der Waals surface area contributed by atoms with Crippen LogP contribution in [0.5, 0.6) is 0 Å². The Morgan fingerprint density at radius 2 is 1.96 bits per heavy atom. The van der Waals surface area contributed by atoms with E-state index in [0.717, 1.165) is 49.4 Å². The second-order valence-corrected chi connectivity index (χ2v) is 7.10. The first-order valence-corrected chi connectivity index (χ1v) is 9.70. The van der Waals surface area contributed by atoms with Crippen LogP contribution in [-0.4, -0.2) is 62.1 Å². The molecular formula is C19H31ClIN5O. The monoisotopic (exact) mass is 507 g/mol. The smallest absolute Gasteiger partial charge is 0.222 e. The lowest BCUT2D eigenvalue weighted by Gasteiger charge is -2.37. The summed E-state index contributed by atoms with van der Waals surface area (Å²) in [7, 11) is 0. The van der Waals surface area contributed by atoms with E-state index in [1.165, 1.54) is 0 Å². The Hall–Kier alpha value is -1.22. The van der Waals surface area contributed by atoms with Gasteiger partial charge in [-0.15, -0.1) is 24.0 Å². The van der Waals surface area contributed by atoms with Gasteiger partial charge in [-0.05, 0) is 39.0 Å². The number of hydrogen-bond donors (Lipinski definition) is 2. The Bertz CT molecular complexity index is 618. The molecule has 0 spiro atoms. The van der Waals surface area contributed by atoms with E-state index in [9.17, 15) is 4.79 Å². The fourth-order valence-electron chi connectivity index (χ4n) is 2.93. The number of hydrogen-bond acceptors (Lipinski definition) is 3. The van der Waals surface area contributed by atoms with Crippen molar-refractivity contribution in [2.24, 2.45) is 4.99 Å². The van der Waals surface area contributed by atoms with Crippen molar-refractivity contribution in [3.63, 3.8) is 0 Å². The van der Waals surface area contributed by atoms with Crippen LogP contribution >= 0.6 is 35.6 Å². The molecule has 0 aliphatic carbocycles. The van der Waals surface area contributed by atoms with Gasteiger partial charge >= 0.3 is 0 Å². The minimum atomic E-state index is 0. The molecular weight excluding hydrogens is 477 g/mol. The molecule has 0 atom stereocenters. The normalized spacial score (nSPS) is 14.8. The molecule has 1 fully saturated rings. The van der Waals surface area contributed by atoms with Crippen molar-refractivity contribution >= 4 is 53.1 Å². The largest absolute Gasteiger partial charge is 0.368 e. The van der Waals surface area contributed by atoms with Gasteiger partial charge in [0.1, 0.15) is 0 Å². The van der Waals surface area contributed by atoms with Gasteiger partial charge in [-0.2, -0.15) is 0 Å². The number of halogens is 2. The number of anilines is 1. The average molecular weight is 508 g/mol. The van der Waals surface area contributed by atoms with Crippen molar-refractivity contribution in [3.8, 4) is 0 Å². The van der Waals surface area contributed by atoms with E-state index in [1.807, 2.05) is 32.0 Å². The van der Waals surface area contributed by atoms with Gasteiger partial charge in [-0.1, -0.05) is 17.7 Å². The van der Waals surface area contributed by atoms with Crippen molar-refractivity contribution < 1.29 is 4.79 Å². The molecule has 0 saturated carbocycles. The molecule has 2 N–H and O–H groups in total. The zero-order chi connectivity index (χ0) is 18.9. The summed E-state index contributed by atoms with van der Waals surface area (Å²) >= 11 is 6.10. The summed E-state index contributed by atoms with van der Waals surface area (Å²) in [6.07, 6.45) is 0.412. The number of amides is 1. The van der Waals surface area contributed by atoms with Crippen LogP contribution in [0, 0.1) is 0 Å². The third-order valence-corrected chi connectivity index (χ3v) is 4.37. The van der Waals surface area contributed by atoms with Gasteiger partial charge in [-0.25, -0.2) is 0 Å². The molecule has 1 amide bonds. The predicted octanol–water partition coefficient (Wildman–Crippen LogP) is 2.96. The summed E-state index contributed by atoms with van der Waals surface area (Å²) in [4.78, 5) is 21.0. The van der Waals surface area contributed by atoms with Crippen molar-refractivity contribution in [2.75, 3.05) is 44.2 Å². The SMILES string of the molecule is CCNC(=NCCC(=O)NC(C)C)N1CCN(c2cccc(Cl)c2)CC1.I. The molecule has 1 aromatic rings. The Morgan fingerprint density at radius 1 is 1.26 bits per heavy atom. The standard InChI is InChI=1S/C19H30ClN5O.HI/c1-4-21-19(22-9-8-18(26)23-15(2)3)25-12-10-24(11-13-25)17-7-5-6-16(20)14-17;/h5-7,14-15H,4,8-13H2,1-3H3,(H,21,22)(H,23,26);1H. The maximum Gasteiger partial charge on any atom is 0.222 e. The van der Waals surface area contributed by atoms with Crippen LogP contribution in [0.4, 0.5) is 5.69 Å². The summed E-state index contributed by atoms with van der Waals surface area (Å²) in [5.74, 6) is 0.931. The van der Waals surface area contributed by atoms with Crippen molar-refractivity contribution in [3.05, 3.63) is 29.3 Å². The van der Waals surface area contributed by atoms with Gasteiger partial charge in [0.25, 0.3) is 0 Å². The fraction of sp³-hybridized carbons (Fsp3) is 0.579. The highest BCUT2D eigenvalue weighted by Gasteiger charge is 2.20. The summed E-state index contributed by atoms with van der Waals surface area (Å²) in [5, 5.41) is 7.00. The number of piperazine rings is 1. The zero-order valence-electron chi connectivity index (χ0n) is 16.4. The van der Waals surface area contributed by atoms with E-state index in [1.54, 1.807) is 0 Å². The second-order valence-electron chi connectivity index (χ2n) is 6.66. The summed E-state index contributed by atoms with van der Waals surface area (Å²) in [5.41, 5.74) is 1.16. The molecule has 6 nitrogen and oxygen atoms in total. The van der Waals surface area contributed by atoms with Crippen LogP contribution in [0.25, 0.3) is 0 Å². The highest BCUT2D eigenvalue weighted by Crippen LogP contribution is 2.20. The quantitative estimate of drug-likeness (QED) is 0.353. The third kappa shape index (κ3) is 8.13. The molecule has 1 heterocycles. The molecule has 1 saturated heterocycles. The molecule has 0 bridgehead atoms. The fourth-order valence-corrected chi connectivity index (χ4v) is 3.12. The number of rotatable bonds is 6. The minimum absolute atomic E-state index is 0. The predicted molar refractivity (Wildman–Crippen MR) is 125 cm³/mol. The third-order valence-electron chi connectivity index (χ3n) is 4.14. The Labute approximate surface area is 184 Å². The van der Waals surface area contributed by atoms with Crippen LogP contribution in [0.1, 0.15) is 27.2 Å². The minimum Gasteiger partial charge on any atom is -0.368 e. The first kappa shape index (κ1) is 23.8. The van der Waals surface area contributed by atoms with Crippen molar-refractivity contribution in [1.82, 2.24) is 15.5 Å². The summed E-state index contributed by atoms with van der Waals surface area (Å²) in [6.45, 7) is 10.9. The molecule has 0 radical (unpaired) electrons. The first-order chi connectivity index (χ1) is 12.5. The van der Waals surface area contributed by atoms with E-state index in [4.69, 9.17) is 11.6 Å². The highest BCUT2D eigenvalue weighted by atomic mass is 127. The van der Waals surface area contributed by atoms with Crippen LogP contribution < -0.4 is 15.5 Å². The van der Waals surface area contributed by atoms with Crippen molar-refractivity contribution in [2.45, 2.75) is 33.2 Å². The summed E-state index contributed by atoms with van der Waals surface area (Å²) < 4.78 is 0. The van der Waals surface area contributed by atoms with E-state index in [2.05, 4.69) is 38.4 Å². The molecule has 1 aromatic carbocycles. The average Bonchev–Trinajstić information content (AvgIpc) is 2.60. The van der Waals surface area contributed by atoms with Crippen LogP contribution in [0.2, 0.25) is 5.02 Å². The maximum absolute atomic E-state index is 11.8. The first-order valence-electron chi connectivity index (χ1n) is 9.32. The van der Waals surface area contributed by atoms with Crippen LogP contribution in [0.3, 0.4) is 0 Å². The van der Waals surface area contributed by atoms with Gasteiger partial charge < -0.3 is 20.4 Å². The topological polar surface area (TPSA) is 60.0 Å². The van der Waals surface area contributed by atoms with Gasteiger partial charge in [0.15, 0.2) is 5.96 Å². The number of nitrogens with zero attached hydrogens (tertiary/aromatic N) is 3. The summed E-state index contributed by atoms with van der Waals surface area (Å²) in [6, 6.07) is 8.14. The Balaban J connectivity index is 0.00000364. The second kappa shape index (κ2) is 12.3. The number of benzene rings is 1. The molecule has 1 aliphatic rings. The van der Waals surface area contributed by atoms with E-state index >= 15 is 0 Å². The van der Waals surface area contributed by atoms with Crippen LogP contribution in [0.15, 0.2) is 29.3 Å². The Kier molecular flexibility index (Phi) is 10.8. The molecule has 2 rings (SSSR count). The number of nitrogens with one attached hydrogen (secondary N) is 2. The molecule has 1 aliphatic heterocycles. The molecule has 152 valence electrons. The Morgan fingerprint density at radius 3 is 2.56 bits per heavy atom. The number of guanidine groups is 1. The molecule has 0 aromatic heterocycles. The lowest BCUT2D eigenvalue weighted by molar-refractivity contribution is -0.121. The van der Waals surface area contributed by atoms with E-state index in [-0.39, 0.29) is 35.9 Å². The van der Waals surface area contributed by atoms with E-state index in [0.29, 0.717) is 13.0 Å². The highest BCUT2D eigenvalue weighted by molar-refractivity contribution is 14.0. The van der Waals surface area contributed by atoms with Gasteiger partial charge in [0, 0.05) is 55.9 Å². The van der Waals surface area contributed by atoms with Gasteiger partial charge in [-0.3, -0.25) is 9.79 Å². The molecule has 0 unspecified atom stereocenters. The number of aliphatic imine (C=N–C) groups is 1. The maximum atomic E-state index is 11.8. The molecule has 8 heteroatoms. The van der Waals surface area contributed by atoms with Gasteiger partial charge in [0.2, 0.25) is 5.91 Å². The number of carbonyl (C=O) groups is 1. The van der Waals surface area contributed by atoms with Crippen molar-refractivity contribution in [1.29, 1.82) is 0 Å². The number of carbonyl (C=O) groups excluding carboxylic acids is 1. The lowest BCUT2D eigenvalue weighted by Crippen LogP contribution is -2.52. The zero-order valence-corrected chi connectivity index (χ0v) is 19.5. The lowest BCUT2D eigenvalue weighted by atomic mass is 10.2. The van der Waals surface area contributed by atoms with E-state index < -0.39 is 0 Å². The van der Waals surface area contributed by atoms with Gasteiger partial charge in [0.05, 0.1) is 6.54 Å². The van der Waals surface area contributed by atoms with Crippen LogP contribution in [-0.2, 0) is 4.79 Å².